The van der Waals surface area contributed by atoms with Crippen molar-refractivity contribution in [2.75, 3.05) is 23.9 Å². The molecule has 2 atom stereocenters. The van der Waals surface area contributed by atoms with Gasteiger partial charge in [-0.3, -0.25) is 0 Å². The van der Waals surface area contributed by atoms with Crippen LogP contribution in [0.1, 0.15) is 36.5 Å². The predicted molar refractivity (Wildman–Crippen MR) is 183 cm³/mol. The lowest BCUT2D eigenvalue weighted by Crippen LogP contribution is -2.39. The standard InChI is InChI=1S/C41H38N2/c1-41(31-24-28-35(29-25-31)43(3)33-16-8-5-9-17-33)38-20-12-10-18-36(38)40(37-19-11-13-21-39(37)41)30-22-26-34(27-23-30)42(2)32-14-6-4-7-15-32/h4-24,26-28,38H,25,29H2,1-3H3. The fourth-order valence-electron chi connectivity index (χ4n) is 7.26. The third-order valence-corrected chi connectivity index (χ3v) is 9.75. The van der Waals surface area contributed by atoms with Gasteiger partial charge >= 0.3 is 0 Å². The number of allylic oxidation sites excluding steroid dienone is 9. The molecular formula is C41H38N2. The minimum absolute atomic E-state index is 0.127. The molecule has 212 valence electrons. The Hall–Kier alpha value is -4.82. The lowest BCUT2D eigenvalue weighted by atomic mass is 9.56. The summed E-state index contributed by atoms with van der Waals surface area (Å²) in [6.07, 6.45) is 16.1. The number of hydrogen-bond acceptors (Lipinski definition) is 2. The largest absolute Gasteiger partial charge is 0.348 e. The van der Waals surface area contributed by atoms with Crippen LogP contribution in [0.5, 0.6) is 0 Å². The van der Waals surface area contributed by atoms with E-state index in [1.807, 2.05) is 0 Å². The van der Waals surface area contributed by atoms with Crippen LogP contribution in [0, 0.1) is 5.92 Å². The van der Waals surface area contributed by atoms with E-state index in [9.17, 15) is 0 Å². The van der Waals surface area contributed by atoms with E-state index in [0.717, 1.165) is 12.8 Å². The average molecular weight is 559 g/mol. The van der Waals surface area contributed by atoms with Gasteiger partial charge in [-0.2, -0.15) is 0 Å². The van der Waals surface area contributed by atoms with E-state index in [1.165, 1.54) is 56.2 Å². The zero-order valence-electron chi connectivity index (χ0n) is 25.2. The highest BCUT2D eigenvalue weighted by Crippen LogP contribution is 2.55. The number of benzene rings is 4. The van der Waals surface area contributed by atoms with Crippen LogP contribution in [-0.2, 0) is 5.41 Å². The molecule has 0 radical (unpaired) electrons. The van der Waals surface area contributed by atoms with E-state index >= 15 is 0 Å². The molecule has 3 aliphatic rings. The number of nitrogens with zero attached hydrogens (tertiary/aromatic N) is 2. The second-order valence-corrected chi connectivity index (χ2v) is 12.0. The molecular weight excluding hydrogens is 520 g/mol. The Balaban J connectivity index is 1.29. The summed E-state index contributed by atoms with van der Waals surface area (Å²) in [6.45, 7) is 2.47. The molecule has 2 heteroatoms. The van der Waals surface area contributed by atoms with E-state index in [-0.39, 0.29) is 11.3 Å². The molecule has 0 N–H and O–H groups in total. The first-order valence-corrected chi connectivity index (χ1v) is 15.3. The molecule has 0 saturated carbocycles. The number of fused-ring (bicyclic) bond motifs is 2. The zero-order chi connectivity index (χ0) is 29.4. The van der Waals surface area contributed by atoms with Gasteiger partial charge in [0.2, 0.25) is 0 Å². The van der Waals surface area contributed by atoms with Gasteiger partial charge in [0.05, 0.1) is 0 Å². The third-order valence-electron chi connectivity index (χ3n) is 9.75. The molecule has 4 aromatic rings. The van der Waals surface area contributed by atoms with Gasteiger partial charge in [0.1, 0.15) is 0 Å². The highest BCUT2D eigenvalue weighted by molar-refractivity contribution is 5.89. The molecule has 4 aromatic carbocycles. The van der Waals surface area contributed by atoms with Crippen molar-refractivity contribution in [1.29, 1.82) is 0 Å². The maximum Gasteiger partial charge on any atom is 0.0408 e. The molecule has 3 aliphatic carbocycles. The molecule has 0 aromatic heterocycles. The monoisotopic (exact) mass is 558 g/mol. The molecule has 0 spiro atoms. The molecule has 7 rings (SSSR count). The minimum atomic E-state index is -0.127. The van der Waals surface area contributed by atoms with Gasteiger partial charge in [-0.25, -0.2) is 0 Å². The molecule has 0 bridgehead atoms. The van der Waals surface area contributed by atoms with Gasteiger partial charge in [-0.05, 0) is 83.2 Å². The summed E-state index contributed by atoms with van der Waals surface area (Å²) in [5.41, 5.74) is 13.1. The molecule has 0 aliphatic heterocycles. The number of hydrogen-bond donors (Lipinski definition) is 0. The molecule has 43 heavy (non-hydrogen) atoms. The lowest BCUT2D eigenvalue weighted by Gasteiger charge is -2.47. The van der Waals surface area contributed by atoms with E-state index < -0.39 is 0 Å². The zero-order valence-corrected chi connectivity index (χ0v) is 25.2. The maximum absolute atomic E-state index is 2.47. The summed E-state index contributed by atoms with van der Waals surface area (Å²) in [4.78, 5) is 4.57. The molecule has 2 unspecified atom stereocenters. The van der Waals surface area contributed by atoms with Gasteiger partial charge in [-0.15, -0.1) is 0 Å². The Morgan fingerprint density at radius 2 is 1.26 bits per heavy atom. The van der Waals surface area contributed by atoms with Crippen molar-refractivity contribution in [1.82, 2.24) is 0 Å². The molecule has 0 fully saturated rings. The Morgan fingerprint density at radius 1 is 0.628 bits per heavy atom. The topological polar surface area (TPSA) is 6.48 Å². The smallest absolute Gasteiger partial charge is 0.0408 e. The second-order valence-electron chi connectivity index (χ2n) is 12.0. The molecule has 2 nitrogen and oxygen atoms in total. The predicted octanol–water partition coefficient (Wildman–Crippen LogP) is 10.0. The van der Waals surface area contributed by atoms with Crippen LogP contribution in [0.2, 0.25) is 0 Å². The molecule has 0 amide bonds. The van der Waals surface area contributed by atoms with Crippen molar-refractivity contribution in [3.63, 3.8) is 0 Å². The van der Waals surface area contributed by atoms with Crippen molar-refractivity contribution in [2.24, 2.45) is 5.92 Å². The minimum Gasteiger partial charge on any atom is -0.348 e. The summed E-state index contributed by atoms with van der Waals surface area (Å²) >= 11 is 0. The van der Waals surface area contributed by atoms with Crippen LogP contribution in [0.3, 0.4) is 0 Å². The van der Waals surface area contributed by atoms with Crippen molar-refractivity contribution in [3.8, 4) is 0 Å². The number of anilines is 3. The average Bonchev–Trinajstić information content (AvgIpc) is 3.09. The fourth-order valence-corrected chi connectivity index (χ4v) is 7.26. The van der Waals surface area contributed by atoms with E-state index in [4.69, 9.17) is 0 Å². The summed E-state index contributed by atoms with van der Waals surface area (Å²) in [6, 6.07) is 39.4. The Bertz CT molecular complexity index is 1790. The van der Waals surface area contributed by atoms with E-state index in [2.05, 4.69) is 176 Å². The Morgan fingerprint density at radius 3 is 1.93 bits per heavy atom. The Labute approximate surface area is 256 Å². The van der Waals surface area contributed by atoms with Crippen molar-refractivity contribution in [2.45, 2.75) is 25.2 Å². The summed E-state index contributed by atoms with van der Waals surface area (Å²) in [5.74, 6) is 0.266. The number of rotatable bonds is 6. The van der Waals surface area contributed by atoms with Gasteiger partial charge in [-0.1, -0.05) is 116 Å². The SMILES string of the molecule is CN(C1=CC=C(C2(C)c3ccccc3C(c3ccc(N(C)c4ccccc4)cc3)=C3C=CC=CC32)CC1)c1ccccc1. The first kappa shape index (κ1) is 27.0. The van der Waals surface area contributed by atoms with Gasteiger partial charge in [0, 0.05) is 48.2 Å². The fraction of sp³-hybridized carbons (Fsp3) is 0.171. The highest BCUT2D eigenvalue weighted by atomic mass is 15.1. The van der Waals surface area contributed by atoms with E-state index in [0.29, 0.717) is 0 Å². The van der Waals surface area contributed by atoms with Crippen LogP contribution >= 0.6 is 0 Å². The van der Waals surface area contributed by atoms with Crippen LogP contribution in [-0.4, -0.2) is 14.1 Å². The summed E-state index contributed by atoms with van der Waals surface area (Å²) in [5, 5.41) is 0. The molecule has 0 saturated heterocycles. The quantitative estimate of drug-likeness (QED) is 0.232. The Kier molecular flexibility index (Phi) is 6.99. The van der Waals surface area contributed by atoms with Gasteiger partial charge in [0.25, 0.3) is 0 Å². The highest BCUT2D eigenvalue weighted by Gasteiger charge is 2.45. The van der Waals surface area contributed by atoms with Crippen molar-refractivity contribution in [3.05, 3.63) is 179 Å². The molecule has 0 heterocycles. The van der Waals surface area contributed by atoms with Crippen molar-refractivity contribution >= 4 is 22.6 Å². The first-order chi connectivity index (χ1) is 21.1. The van der Waals surface area contributed by atoms with Gasteiger partial charge < -0.3 is 9.80 Å². The van der Waals surface area contributed by atoms with Crippen LogP contribution in [0.4, 0.5) is 17.1 Å². The van der Waals surface area contributed by atoms with Gasteiger partial charge in [0.15, 0.2) is 0 Å². The number of para-hydroxylation sites is 2. The maximum atomic E-state index is 2.47. The van der Waals surface area contributed by atoms with Crippen LogP contribution < -0.4 is 9.80 Å². The van der Waals surface area contributed by atoms with E-state index in [1.54, 1.807) is 0 Å². The second kappa shape index (κ2) is 11.1. The lowest BCUT2D eigenvalue weighted by molar-refractivity contribution is 0.435. The normalized spacial score (nSPS) is 20.6. The summed E-state index contributed by atoms with van der Waals surface area (Å²) in [7, 11) is 4.32. The van der Waals surface area contributed by atoms with Crippen molar-refractivity contribution < 1.29 is 0 Å². The van der Waals surface area contributed by atoms with Crippen LogP contribution in [0.25, 0.3) is 5.57 Å². The van der Waals surface area contributed by atoms with Crippen LogP contribution in [0.15, 0.2) is 162 Å². The summed E-state index contributed by atoms with van der Waals surface area (Å²) < 4.78 is 0. The third kappa shape index (κ3) is 4.68. The first-order valence-electron chi connectivity index (χ1n) is 15.3.